The van der Waals surface area contributed by atoms with Crippen molar-refractivity contribution in [1.82, 2.24) is 0 Å². The quantitative estimate of drug-likeness (QED) is 0.558. The SMILES string of the molecule is CC(=O)C1=C(C)C=CCC=C1. The first-order valence-corrected chi connectivity index (χ1v) is 3.76. The molecule has 0 atom stereocenters. The molecule has 0 aromatic heterocycles. The fraction of sp³-hybridized carbons (Fsp3) is 0.300. The van der Waals surface area contributed by atoms with Crippen LogP contribution in [0.4, 0.5) is 0 Å². The molecule has 58 valence electrons. The highest BCUT2D eigenvalue weighted by Gasteiger charge is 2.03. The van der Waals surface area contributed by atoms with E-state index < -0.39 is 0 Å². The molecule has 11 heavy (non-hydrogen) atoms. The predicted octanol–water partition coefficient (Wildman–Crippen LogP) is 2.41. The van der Waals surface area contributed by atoms with Crippen LogP contribution < -0.4 is 0 Å². The molecular weight excluding hydrogens is 136 g/mol. The molecule has 0 aromatic rings. The molecule has 0 saturated carbocycles. The summed E-state index contributed by atoms with van der Waals surface area (Å²) in [6, 6.07) is 0. The summed E-state index contributed by atoms with van der Waals surface area (Å²) >= 11 is 0. The summed E-state index contributed by atoms with van der Waals surface area (Å²) in [5, 5.41) is 0. The van der Waals surface area contributed by atoms with Crippen molar-refractivity contribution in [2.45, 2.75) is 20.3 Å². The Hall–Kier alpha value is -1.11. The summed E-state index contributed by atoms with van der Waals surface area (Å²) in [6.45, 7) is 3.56. The van der Waals surface area contributed by atoms with Gasteiger partial charge in [-0.1, -0.05) is 24.3 Å². The maximum atomic E-state index is 11.0. The number of Topliss-reactive ketones (excluding diaryl/α,β-unsaturated/α-hetero) is 1. The molecule has 0 radical (unpaired) electrons. The Morgan fingerprint density at radius 1 is 1.36 bits per heavy atom. The molecule has 0 fully saturated rings. The number of carbonyl (C=O) groups excluding carboxylic acids is 1. The lowest BCUT2D eigenvalue weighted by Crippen LogP contribution is -1.94. The number of rotatable bonds is 1. The molecule has 1 aliphatic carbocycles. The molecule has 1 nitrogen and oxygen atoms in total. The van der Waals surface area contributed by atoms with Gasteiger partial charge in [0.05, 0.1) is 0 Å². The van der Waals surface area contributed by atoms with Gasteiger partial charge in [0.2, 0.25) is 0 Å². The van der Waals surface area contributed by atoms with E-state index in [0.717, 1.165) is 17.6 Å². The van der Waals surface area contributed by atoms with Crippen molar-refractivity contribution in [1.29, 1.82) is 0 Å². The minimum absolute atomic E-state index is 0.144. The third-order valence-electron chi connectivity index (χ3n) is 1.73. The lowest BCUT2D eigenvalue weighted by atomic mass is 10.1. The summed E-state index contributed by atoms with van der Waals surface area (Å²) in [4.78, 5) is 11.0. The van der Waals surface area contributed by atoms with E-state index in [1.807, 2.05) is 25.2 Å². The van der Waals surface area contributed by atoms with Crippen LogP contribution in [0.5, 0.6) is 0 Å². The number of hydrogen-bond donors (Lipinski definition) is 0. The topological polar surface area (TPSA) is 17.1 Å². The van der Waals surface area contributed by atoms with Crippen LogP contribution >= 0.6 is 0 Å². The van der Waals surface area contributed by atoms with Crippen molar-refractivity contribution in [3.8, 4) is 0 Å². The summed E-state index contributed by atoms with van der Waals surface area (Å²) in [7, 11) is 0. The van der Waals surface area contributed by atoms with E-state index in [0.29, 0.717) is 0 Å². The first kappa shape index (κ1) is 7.99. The van der Waals surface area contributed by atoms with Gasteiger partial charge >= 0.3 is 0 Å². The molecule has 0 bridgehead atoms. The Bertz CT molecular complexity index is 254. The molecular formula is C10H12O. The van der Waals surface area contributed by atoms with E-state index in [1.54, 1.807) is 6.92 Å². The highest BCUT2D eigenvalue weighted by molar-refractivity contribution is 5.97. The minimum atomic E-state index is 0.144. The maximum Gasteiger partial charge on any atom is 0.160 e. The standard InChI is InChI=1S/C10H12O/c1-8-6-4-3-5-7-10(8)9(2)11/h4-7H,3H2,1-2H3. The molecule has 0 saturated heterocycles. The van der Waals surface area contributed by atoms with Gasteiger partial charge in [-0.2, -0.15) is 0 Å². The molecule has 1 heteroatoms. The molecule has 1 aliphatic rings. The van der Waals surface area contributed by atoms with Crippen molar-refractivity contribution in [2.24, 2.45) is 0 Å². The van der Waals surface area contributed by atoms with E-state index in [1.165, 1.54) is 0 Å². The van der Waals surface area contributed by atoms with E-state index >= 15 is 0 Å². The second-order valence-corrected chi connectivity index (χ2v) is 2.69. The van der Waals surface area contributed by atoms with Crippen molar-refractivity contribution in [2.75, 3.05) is 0 Å². The average molecular weight is 148 g/mol. The molecule has 0 amide bonds. The van der Waals surface area contributed by atoms with E-state index in [9.17, 15) is 4.79 Å². The van der Waals surface area contributed by atoms with E-state index in [-0.39, 0.29) is 5.78 Å². The van der Waals surface area contributed by atoms with Crippen LogP contribution in [0.25, 0.3) is 0 Å². The first-order valence-electron chi connectivity index (χ1n) is 3.76. The van der Waals surface area contributed by atoms with Gasteiger partial charge in [-0.05, 0) is 25.8 Å². The summed E-state index contributed by atoms with van der Waals surface area (Å²) in [6.07, 6.45) is 8.88. The zero-order valence-electron chi connectivity index (χ0n) is 6.92. The van der Waals surface area contributed by atoms with Gasteiger partial charge in [0, 0.05) is 5.57 Å². The van der Waals surface area contributed by atoms with E-state index in [2.05, 4.69) is 6.08 Å². The Balaban J connectivity index is 3.04. The van der Waals surface area contributed by atoms with Crippen LogP contribution in [0.3, 0.4) is 0 Å². The fourth-order valence-corrected chi connectivity index (χ4v) is 1.13. The second kappa shape index (κ2) is 3.33. The number of allylic oxidation sites excluding steroid dienone is 6. The highest BCUT2D eigenvalue weighted by atomic mass is 16.1. The second-order valence-electron chi connectivity index (χ2n) is 2.69. The number of ketones is 1. The molecule has 0 heterocycles. The lowest BCUT2D eigenvalue weighted by molar-refractivity contribution is -0.113. The van der Waals surface area contributed by atoms with Gasteiger partial charge < -0.3 is 0 Å². The summed E-state index contributed by atoms with van der Waals surface area (Å²) in [5.41, 5.74) is 1.89. The highest BCUT2D eigenvalue weighted by Crippen LogP contribution is 2.12. The van der Waals surface area contributed by atoms with Gasteiger partial charge in [0.1, 0.15) is 0 Å². The Kier molecular flexibility index (Phi) is 2.42. The van der Waals surface area contributed by atoms with Crippen molar-refractivity contribution in [3.05, 3.63) is 35.5 Å². The largest absolute Gasteiger partial charge is 0.295 e. The van der Waals surface area contributed by atoms with Gasteiger partial charge in [-0.25, -0.2) is 0 Å². The van der Waals surface area contributed by atoms with Crippen LogP contribution in [0.1, 0.15) is 20.3 Å². The van der Waals surface area contributed by atoms with Crippen LogP contribution in [0.15, 0.2) is 35.5 Å². The predicted molar refractivity (Wildman–Crippen MR) is 46.3 cm³/mol. The molecule has 0 N–H and O–H groups in total. The Morgan fingerprint density at radius 3 is 2.64 bits per heavy atom. The van der Waals surface area contributed by atoms with Crippen LogP contribution in [0.2, 0.25) is 0 Å². The van der Waals surface area contributed by atoms with Crippen LogP contribution in [0, 0.1) is 0 Å². The normalized spacial score (nSPS) is 16.9. The summed E-state index contributed by atoms with van der Waals surface area (Å²) in [5.74, 6) is 0.144. The van der Waals surface area contributed by atoms with Gasteiger partial charge in [-0.15, -0.1) is 0 Å². The Labute approximate surface area is 67.1 Å². The van der Waals surface area contributed by atoms with Gasteiger partial charge in [-0.3, -0.25) is 4.79 Å². The third-order valence-corrected chi connectivity index (χ3v) is 1.73. The van der Waals surface area contributed by atoms with Crippen molar-refractivity contribution < 1.29 is 4.79 Å². The first-order chi connectivity index (χ1) is 5.22. The monoisotopic (exact) mass is 148 g/mol. The lowest BCUT2D eigenvalue weighted by Gasteiger charge is -1.97. The molecule has 0 spiro atoms. The molecule has 0 aliphatic heterocycles. The molecule has 1 rings (SSSR count). The maximum absolute atomic E-state index is 11.0. The zero-order valence-corrected chi connectivity index (χ0v) is 6.92. The number of carbonyl (C=O) groups is 1. The molecule has 0 unspecified atom stereocenters. The fourth-order valence-electron chi connectivity index (χ4n) is 1.13. The minimum Gasteiger partial charge on any atom is -0.295 e. The van der Waals surface area contributed by atoms with Crippen LogP contribution in [-0.2, 0) is 4.79 Å². The summed E-state index contributed by atoms with van der Waals surface area (Å²) < 4.78 is 0. The van der Waals surface area contributed by atoms with Crippen molar-refractivity contribution in [3.63, 3.8) is 0 Å². The van der Waals surface area contributed by atoms with Gasteiger partial charge in [0.25, 0.3) is 0 Å². The zero-order chi connectivity index (χ0) is 8.27. The average Bonchev–Trinajstić information content (AvgIpc) is 2.13. The van der Waals surface area contributed by atoms with Crippen molar-refractivity contribution >= 4 is 5.78 Å². The van der Waals surface area contributed by atoms with Gasteiger partial charge in [0.15, 0.2) is 5.78 Å². The number of hydrogen-bond acceptors (Lipinski definition) is 1. The smallest absolute Gasteiger partial charge is 0.160 e. The Morgan fingerprint density at radius 2 is 2.00 bits per heavy atom. The van der Waals surface area contributed by atoms with Crippen LogP contribution in [-0.4, -0.2) is 5.78 Å². The molecule has 0 aromatic carbocycles. The van der Waals surface area contributed by atoms with E-state index in [4.69, 9.17) is 0 Å². The third kappa shape index (κ3) is 1.90.